The summed E-state index contributed by atoms with van der Waals surface area (Å²) in [5, 5.41) is 0. The van der Waals surface area contributed by atoms with Gasteiger partial charge in [0.1, 0.15) is 49.5 Å². The molecular formula is C15H32O15P6Sn2. The molecule has 0 saturated carbocycles. The van der Waals surface area contributed by atoms with Gasteiger partial charge < -0.3 is 56.8 Å². The second kappa shape index (κ2) is 41.0. The van der Waals surface area contributed by atoms with E-state index < -0.39 is 49.5 Å². The molecule has 0 bridgehead atoms. The van der Waals surface area contributed by atoms with E-state index in [1.807, 2.05) is 18.2 Å². The molecule has 6 atom stereocenters. The van der Waals surface area contributed by atoms with Crippen molar-refractivity contribution in [1.82, 2.24) is 0 Å². The molecule has 0 aromatic heterocycles. The predicted octanol–water partition coefficient (Wildman–Crippen LogP) is 0.251. The van der Waals surface area contributed by atoms with Gasteiger partial charge in [-0.15, -0.1) is 0 Å². The molecular weight excluding hydrogens is 843 g/mol. The molecule has 1 rings (SSSR count). The Morgan fingerprint density at radius 3 is 0.868 bits per heavy atom. The molecule has 0 amide bonds. The molecule has 0 saturated heterocycles. The molecule has 0 aliphatic carbocycles. The van der Waals surface area contributed by atoms with Crippen molar-refractivity contribution >= 4 is 94.6 Å². The zero-order chi connectivity index (χ0) is 30.9. The van der Waals surface area contributed by atoms with Gasteiger partial charge in [-0.05, 0) is 6.92 Å². The van der Waals surface area contributed by atoms with Gasteiger partial charge in [-0.2, -0.15) is 0 Å². The van der Waals surface area contributed by atoms with E-state index in [1.165, 1.54) is 40.1 Å². The first-order chi connectivity index (χ1) is 17.6. The van der Waals surface area contributed by atoms with E-state index in [1.54, 1.807) is 45.0 Å². The number of unbranched alkanes of at least 4 members (excludes halogenated alkanes) is 2. The topological polar surface area (TPSA) is 268 Å². The van der Waals surface area contributed by atoms with E-state index in [-0.39, 0.29) is 0 Å². The zero-order valence-electron chi connectivity index (χ0n) is 20.8. The van der Waals surface area contributed by atoms with E-state index >= 15 is 0 Å². The first-order valence-corrected chi connectivity index (χ1v) is 21.6. The Morgan fingerprint density at radius 2 is 0.816 bits per heavy atom. The molecule has 1 aromatic carbocycles. The van der Waals surface area contributed by atoms with E-state index in [9.17, 15) is 56.8 Å². The van der Waals surface area contributed by atoms with Crippen molar-refractivity contribution in [1.29, 1.82) is 0 Å². The third-order valence-corrected chi connectivity index (χ3v) is 8.52. The summed E-state index contributed by atoms with van der Waals surface area (Å²) in [6.45, 7) is 6.54. The summed E-state index contributed by atoms with van der Waals surface area (Å²) in [5.41, 5.74) is 1.32. The van der Waals surface area contributed by atoms with Crippen molar-refractivity contribution in [3.05, 3.63) is 35.9 Å². The molecule has 0 spiro atoms. The summed E-state index contributed by atoms with van der Waals surface area (Å²) < 4.78 is 68.3. The van der Waals surface area contributed by atoms with Gasteiger partial charge in [0.25, 0.3) is 0 Å². The van der Waals surface area contributed by atoms with Gasteiger partial charge in [0.05, 0.1) is 0 Å². The van der Waals surface area contributed by atoms with Gasteiger partial charge in [-0.25, -0.2) is 0 Å². The Labute approximate surface area is 254 Å². The second-order valence-electron chi connectivity index (χ2n) is 5.67. The minimum Gasteiger partial charge on any atom is -0.781 e. The molecule has 0 aliphatic heterocycles. The molecule has 6 unspecified atom stereocenters. The number of rotatable bonds is 10. The van der Waals surface area contributed by atoms with Crippen LogP contribution in [0, 0.1) is 6.92 Å². The largest absolute Gasteiger partial charge is 0.781 e. The number of benzene rings is 1. The smallest absolute Gasteiger partial charge is 0.128 e. The summed E-state index contributed by atoms with van der Waals surface area (Å²) >= 11 is 3.37. The quantitative estimate of drug-likeness (QED) is 0.225. The van der Waals surface area contributed by atoms with Crippen LogP contribution in [0.5, 0.6) is 0 Å². The Hall–Kier alpha value is 1.84. The third kappa shape index (κ3) is 76.9. The number of aryl methyl sites for hydroxylation is 1. The van der Waals surface area contributed by atoms with Crippen LogP contribution in [-0.4, -0.2) is 45.0 Å². The number of hydrogen-bond acceptors (Lipinski definition) is 15. The first-order valence-electron chi connectivity index (χ1n) is 10.2. The maximum absolute atomic E-state index is 9.29. The van der Waals surface area contributed by atoms with Gasteiger partial charge in [0.15, 0.2) is 0 Å². The first kappa shape index (κ1) is 49.5. The van der Waals surface area contributed by atoms with E-state index in [4.69, 9.17) is 0 Å². The molecule has 0 fully saturated rings. The minimum atomic E-state index is -3.51. The summed E-state index contributed by atoms with van der Waals surface area (Å²) in [6.07, 6.45) is 5.59. The van der Waals surface area contributed by atoms with Crippen LogP contribution in [0.25, 0.3) is 0 Å². The van der Waals surface area contributed by atoms with Crippen LogP contribution in [0.1, 0.15) is 45.1 Å². The van der Waals surface area contributed by atoms with Crippen molar-refractivity contribution in [3.63, 3.8) is 0 Å². The van der Waals surface area contributed by atoms with E-state index in [0.29, 0.717) is 0 Å². The van der Waals surface area contributed by atoms with Crippen LogP contribution >= 0.6 is 49.5 Å². The zero-order valence-corrected chi connectivity index (χ0v) is 32.5. The van der Waals surface area contributed by atoms with Crippen LogP contribution in [-0.2, 0) is 40.3 Å². The molecule has 23 heteroatoms. The Morgan fingerprint density at radius 1 is 0.579 bits per heavy atom. The maximum atomic E-state index is 9.29. The van der Waals surface area contributed by atoms with Gasteiger partial charge in [-0.3, -0.25) is 12.9 Å². The summed E-state index contributed by atoms with van der Waals surface area (Å²) in [5.74, 6) is 0. The van der Waals surface area contributed by atoms with E-state index in [0.717, 1.165) is 0 Å². The normalized spacial score (nSPS) is 14.1. The van der Waals surface area contributed by atoms with Gasteiger partial charge in [-0.1, -0.05) is 35.9 Å². The predicted molar refractivity (Wildman–Crippen MR) is 139 cm³/mol. The molecule has 15 nitrogen and oxygen atoms in total. The van der Waals surface area contributed by atoms with Gasteiger partial charge in [0.2, 0.25) is 0 Å². The average Bonchev–Trinajstić information content (AvgIpc) is 2.75. The Kier molecular flexibility index (Phi) is 53.4. The fourth-order valence-corrected chi connectivity index (χ4v) is 4.74. The van der Waals surface area contributed by atoms with Gasteiger partial charge in [0, 0.05) is 0 Å². The average molecular weight is 876 g/mol. The molecule has 0 heterocycles. The molecule has 0 aliphatic rings. The fraction of sp³-hybridized carbons (Fsp3) is 0.600. The SMILES string of the molecule is CCC[CH2][Sn+3].CCC[CH2][Sn+3].Cc1ccccc1.O=[PH]([O-])O[PH](=O)[O-].O=[PH]([O-])O[PH](=O)[O-].O=[PH]([O-])O[PH](=O)[O-]. The van der Waals surface area contributed by atoms with Crippen LogP contribution in [0.2, 0.25) is 8.87 Å². The molecule has 0 radical (unpaired) electrons. The van der Waals surface area contributed by atoms with Crippen LogP contribution in [0.15, 0.2) is 30.3 Å². The van der Waals surface area contributed by atoms with Gasteiger partial charge >= 0.3 is 93.5 Å². The molecule has 1 aromatic rings. The summed E-state index contributed by atoms with van der Waals surface area (Å²) in [7, 11) is -21.1. The third-order valence-electron chi connectivity index (χ3n) is 2.50. The van der Waals surface area contributed by atoms with Crippen molar-refractivity contribution in [2.24, 2.45) is 0 Å². The fourth-order valence-electron chi connectivity index (χ4n) is 1.09. The monoisotopic (exact) mass is 878 g/mol. The minimum absolute atomic E-state index is 1.32. The van der Waals surface area contributed by atoms with Crippen LogP contribution < -0.4 is 29.4 Å². The standard InChI is InChI=1S/C7H8.2C4H9.3H4O5P2.2Sn/c1-7-5-3-2-4-6-7;2*1-3-4-2;3*1-6(2)5-7(3)4;;/h2-6H,1H3;2*1,3-4H2,2H3;3*6-7H,(H,1,2)(H,3,4);;/q;;;;;;2*+3/p-6. The Bertz CT molecular complexity index is 669. The maximum Gasteiger partial charge on any atom is 0.128 e. The number of hydrogen-bond donors (Lipinski definition) is 0. The molecule has 220 valence electrons. The molecule has 38 heavy (non-hydrogen) atoms. The summed E-state index contributed by atoms with van der Waals surface area (Å²) in [6, 6.07) is 10.3. The van der Waals surface area contributed by atoms with E-state index in [2.05, 4.69) is 45.8 Å². The van der Waals surface area contributed by atoms with Crippen molar-refractivity contribution < 1.29 is 69.7 Å². The van der Waals surface area contributed by atoms with Crippen LogP contribution in [0.4, 0.5) is 0 Å². The Balaban J connectivity index is -0.000000115. The summed E-state index contributed by atoms with van der Waals surface area (Å²) in [4.78, 5) is 55.7. The second-order valence-corrected chi connectivity index (χ2v) is 14.0. The van der Waals surface area contributed by atoms with Crippen molar-refractivity contribution in [2.45, 2.75) is 55.3 Å². The molecule has 0 N–H and O–H groups in total. The van der Waals surface area contributed by atoms with Crippen molar-refractivity contribution in [2.75, 3.05) is 0 Å². The van der Waals surface area contributed by atoms with Crippen LogP contribution in [0.3, 0.4) is 0 Å². The van der Waals surface area contributed by atoms with Crippen molar-refractivity contribution in [3.8, 4) is 0 Å².